The van der Waals surface area contributed by atoms with E-state index in [-0.39, 0.29) is 12.5 Å². The molecule has 1 N–H and O–H groups in total. The minimum absolute atomic E-state index is 0.217. The molecule has 0 atom stereocenters. The standard InChI is InChI=1S/C20H32N2O4S/c1-16-12-17(2)14-18(13-16)22(27(3,24)25)15-20(23)21-10-7-11-26-19-8-5-4-6-9-19/h12-14,19H,4-11,15H2,1-3H3,(H,21,23). The Kier molecular flexibility index (Phi) is 8.10. The zero-order valence-corrected chi connectivity index (χ0v) is 17.5. The van der Waals surface area contributed by atoms with Crippen molar-refractivity contribution >= 4 is 21.6 Å². The third kappa shape index (κ3) is 7.50. The van der Waals surface area contributed by atoms with Gasteiger partial charge in [0.05, 0.1) is 18.0 Å². The van der Waals surface area contributed by atoms with Gasteiger partial charge in [0.2, 0.25) is 15.9 Å². The molecule has 1 fully saturated rings. The fraction of sp³-hybridized carbons (Fsp3) is 0.650. The number of carbonyl (C=O) groups excluding carboxylic acids is 1. The molecule has 6 nitrogen and oxygen atoms in total. The molecule has 152 valence electrons. The summed E-state index contributed by atoms with van der Waals surface area (Å²) >= 11 is 0. The van der Waals surface area contributed by atoms with Crippen LogP contribution in [-0.4, -0.2) is 46.4 Å². The van der Waals surface area contributed by atoms with Gasteiger partial charge in [0.1, 0.15) is 6.54 Å². The van der Waals surface area contributed by atoms with Crippen LogP contribution >= 0.6 is 0 Å². The Morgan fingerprint density at radius 2 is 1.78 bits per heavy atom. The Balaban J connectivity index is 1.81. The summed E-state index contributed by atoms with van der Waals surface area (Å²) in [5.74, 6) is -0.308. The van der Waals surface area contributed by atoms with Gasteiger partial charge in [-0.2, -0.15) is 0 Å². The predicted octanol–water partition coefficient (Wildman–Crippen LogP) is 2.93. The fourth-order valence-corrected chi connectivity index (χ4v) is 4.30. The highest BCUT2D eigenvalue weighted by Crippen LogP contribution is 2.21. The molecule has 0 spiro atoms. The van der Waals surface area contributed by atoms with Gasteiger partial charge >= 0.3 is 0 Å². The maximum absolute atomic E-state index is 12.3. The second-order valence-corrected chi connectivity index (χ2v) is 9.36. The topological polar surface area (TPSA) is 75.7 Å². The minimum Gasteiger partial charge on any atom is -0.378 e. The summed E-state index contributed by atoms with van der Waals surface area (Å²) in [6.07, 6.45) is 8.24. The van der Waals surface area contributed by atoms with E-state index >= 15 is 0 Å². The highest BCUT2D eigenvalue weighted by Gasteiger charge is 2.21. The van der Waals surface area contributed by atoms with Crippen LogP contribution in [0, 0.1) is 13.8 Å². The molecule has 0 aliphatic heterocycles. The average Bonchev–Trinajstić information content (AvgIpc) is 2.58. The summed E-state index contributed by atoms with van der Waals surface area (Å²) in [4.78, 5) is 12.3. The monoisotopic (exact) mass is 396 g/mol. The van der Waals surface area contributed by atoms with Gasteiger partial charge in [-0.3, -0.25) is 9.10 Å². The fourth-order valence-electron chi connectivity index (χ4n) is 3.46. The maximum atomic E-state index is 12.3. The Labute approximate surface area is 163 Å². The normalized spacial score (nSPS) is 15.5. The van der Waals surface area contributed by atoms with E-state index in [0.29, 0.717) is 24.9 Å². The van der Waals surface area contributed by atoms with E-state index in [9.17, 15) is 13.2 Å². The van der Waals surface area contributed by atoms with E-state index in [1.807, 2.05) is 19.9 Å². The molecule has 7 heteroatoms. The van der Waals surface area contributed by atoms with E-state index in [4.69, 9.17) is 4.74 Å². The van der Waals surface area contributed by atoms with Crippen LogP contribution in [0.5, 0.6) is 0 Å². The van der Waals surface area contributed by atoms with Gasteiger partial charge in [0.15, 0.2) is 0 Å². The number of hydrogen-bond acceptors (Lipinski definition) is 4. The van der Waals surface area contributed by atoms with Crippen molar-refractivity contribution in [2.45, 2.75) is 58.5 Å². The number of benzene rings is 1. The number of nitrogens with zero attached hydrogens (tertiary/aromatic N) is 1. The zero-order valence-electron chi connectivity index (χ0n) is 16.7. The van der Waals surface area contributed by atoms with Gasteiger partial charge in [0.25, 0.3) is 0 Å². The SMILES string of the molecule is Cc1cc(C)cc(N(CC(=O)NCCCOC2CCCCC2)S(C)(=O)=O)c1. The number of carbonyl (C=O) groups is 1. The number of anilines is 1. The number of sulfonamides is 1. The van der Waals surface area contributed by atoms with Crippen LogP contribution in [0.25, 0.3) is 0 Å². The summed E-state index contributed by atoms with van der Waals surface area (Å²) < 4.78 is 31.3. The summed E-state index contributed by atoms with van der Waals surface area (Å²) in [6.45, 7) is 4.70. The third-order valence-electron chi connectivity index (χ3n) is 4.73. The second-order valence-electron chi connectivity index (χ2n) is 7.45. The van der Waals surface area contributed by atoms with Crippen LogP contribution in [0.1, 0.15) is 49.7 Å². The molecule has 0 heterocycles. The lowest BCUT2D eigenvalue weighted by Crippen LogP contribution is -2.40. The lowest BCUT2D eigenvalue weighted by molar-refractivity contribution is -0.119. The number of rotatable bonds is 9. The highest BCUT2D eigenvalue weighted by atomic mass is 32.2. The second kappa shape index (κ2) is 10.1. The first-order chi connectivity index (χ1) is 12.8. The largest absolute Gasteiger partial charge is 0.378 e. The summed E-state index contributed by atoms with van der Waals surface area (Å²) in [6, 6.07) is 5.52. The van der Waals surface area contributed by atoms with Crippen LogP contribution in [0.15, 0.2) is 18.2 Å². The molecule has 0 unspecified atom stereocenters. The van der Waals surface area contributed by atoms with Gasteiger partial charge in [0, 0.05) is 13.2 Å². The molecule has 27 heavy (non-hydrogen) atoms. The van der Waals surface area contributed by atoms with E-state index in [0.717, 1.165) is 41.0 Å². The first-order valence-electron chi connectivity index (χ1n) is 9.70. The molecular weight excluding hydrogens is 364 g/mol. The molecule has 0 aromatic heterocycles. The van der Waals surface area contributed by atoms with Gasteiger partial charge in [-0.15, -0.1) is 0 Å². The van der Waals surface area contributed by atoms with Gasteiger partial charge in [-0.05, 0) is 56.4 Å². The summed E-state index contributed by atoms with van der Waals surface area (Å²) in [7, 11) is -3.55. The zero-order chi connectivity index (χ0) is 19.9. The van der Waals surface area contributed by atoms with E-state index in [1.165, 1.54) is 19.3 Å². The number of ether oxygens (including phenoxy) is 1. The smallest absolute Gasteiger partial charge is 0.240 e. The minimum atomic E-state index is -3.55. The lowest BCUT2D eigenvalue weighted by Gasteiger charge is -2.23. The van der Waals surface area contributed by atoms with Crippen molar-refractivity contribution in [2.24, 2.45) is 0 Å². The number of amides is 1. The number of nitrogens with one attached hydrogen (secondary N) is 1. The highest BCUT2D eigenvalue weighted by molar-refractivity contribution is 7.92. The predicted molar refractivity (Wildman–Crippen MR) is 109 cm³/mol. The molecule has 1 aliphatic rings. The Morgan fingerprint density at radius 1 is 1.15 bits per heavy atom. The molecule has 1 aliphatic carbocycles. The molecule has 1 amide bonds. The summed E-state index contributed by atoms with van der Waals surface area (Å²) in [5.41, 5.74) is 2.43. The van der Waals surface area contributed by atoms with Crippen LogP contribution in [-0.2, 0) is 19.6 Å². The molecule has 1 aromatic carbocycles. The van der Waals surface area contributed by atoms with E-state index < -0.39 is 10.0 Å². The van der Waals surface area contributed by atoms with Crippen molar-refractivity contribution in [2.75, 3.05) is 30.3 Å². The van der Waals surface area contributed by atoms with Crippen molar-refractivity contribution < 1.29 is 17.9 Å². The van der Waals surface area contributed by atoms with Gasteiger partial charge < -0.3 is 10.1 Å². The Morgan fingerprint density at radius 3 is 2.37 bits per heavy atom. The van der Waals surface area contributed by atoms with Crippen LogP contribution in [0.2, 0.25) is 0 Å². The number of aryl methyl sites for hydroxylation is 2. The third-order valence-corrected chi connectivity index (χ3v) is 5.87. The van der Waals surface area contributed by atoms with E-state index in [2.05, 4.69) is 5.32 Å². The Hall–Kier alpha value is -1.60. The maximum Gasteiger partial charge on any atom is 0.240 e. The van der Waals surface area contributed by atoms with Crippen LogP contribution < -0.4 is 9.62 Å². The van der Waals surface area contributed by atoms with Crippen molar-refractivity contribution in [1.82, 2.24) is 5.32 Å². The van der Waals surface area contributed by atoms with Gasteiger partial charge in [-0.1, -0.05) is 25.3 Å². The molecule has 0 saturated heterocycles. The molecule has 1 saturated carbocycles. The van der Waals surface area contributed by atoms with E-state index in [1.54, 1.807) is 12.1 Å². The lowest BCUT2D eigenvalue weighted by atomic mass is 9.98. The quantitative estimate of drug-likeness (QED) is 0.651. The van der Waals surface area contributed by atoms with Crippen molar-refractivity contribution in [3.8, 4) is 0 Å². The average molecular weight is 397 g/mol. The molecule has 0 radical (unpaired) electrons. The van der Waals surface area contributed by atoms with Crippen molar-refractivity contribution in [3.05, 3.63) is 29.3 Å². The summed E-state index contributed by atoms with van der Waals surface area (Å²) in [5, 5.41) is 2.80. The number of hydrogen-bond donors (Lipinski definition) is 1. The first kappa shape index (κ1) is 21.7. The van der Waals surface area contributed by atoms with Gasteiger partial charge in [-0.25, -0.2) is 8.42 Å². The molecule has 0 bridgehead atoms. The first-order valence-corrected chi connectivity index (χ1v) is 11.5. The molecule has 2 rings (SSSR count). The van der Waals surface area contributed by atoms with Crippen LogP contribution in [0.4, 0.5) is 5.69 Å². The van der Waals surface area contributed by atoms with Crippen molar-refractivity contribution in [3.63, 3.8) is 0 Å². The molecule has 1 aromatic rings. The Bertz CT molecular complexity index is 707. The van der Waals surface area contributed by atoms with Crippen molar-refractivity contribution in [1.29, 1.82) is 0 Å². The van der Waals surface area contributed by atoms with Crippen LogP contribution in [0.3, 0.4) is 0 Å². The molecular formula is C20H32N2O4S.